The lowest BCUT2D eigenvalue weighted by atomic mass is 10.3. The van der Waals surface area contributed by atoms with E-state index in [1.165, 1.54) is 17.0 Å². The second-order valence-electron chi connectivity index (χ2n) is 4.35. The average Bonchev–Trinajstić information content (AvgIpc) is 3.03. The monoisotopic (exact) mass is 288 g/mol. The Balaban J connectivity index is 2.06. The number of hydrogen-bond donors (Lipinski definition) is 2. The third-order valence-corrected chi connectivity index (χ3v) is 2.83. The second kappa shape index (κ2) is 6.04. The Hall–Kier alpha value is -2.90. The van der Waals surface area contributed by atoms with Crippen LogP contribution in [0.25, 0.3) is 6.08 Å². The molecule has 0 aromatic carbocycles. The molecule has 21 heavy (non-hydrogen) atoms. The minimum Gasteiger partial charge on any atom is -0.364 e. The fourth-order valence-electron chi connectivity index (χ4n) is 1.81. The van der Waals surface area contributed by atoms with Crippen molar-refractivity contribution in [2.75, 3.05) is 5.32 Å². The zero-order valence-corrected chi connectivity index (χ0v) is 11.8. The van der Waals surface area contributed by atoms with Crippen LogP contribution in [-0.2, 0) is 18.4 Å². The van der Waals surface area contributed by atoms with Crippen LogP contribution >= 0.6 is 0 Å². The number of aryl methyl sites for hydroxylation is 2. The topological polar surface area (TPSA) is 108 Å². The lowest BCUT2D eigenvalue weighted by molar-refractivity contribution is -0.111. The van der Waals surface area contributed by atoms with E-state index in [-0.39, 0.29) is 17.3 Å². The Bertz CT molecular complexity index is 697. The van der Waals surface area contributed by atoms with Gasteiger partial charge < -0.3 is 11.1 Å². The highest BCUT2D eigenvalue weighted by atomic mass is 16.2. The number of carbonyl (C=O) groups excluding carboxylic acids is 2. The van der Waals surface area contributed by atoms with Crippen molar-refractivity contribution < 1.29 is 9.59 Å². The number of hydrogen-bond acceptors (Lipinski definition) is 4. The molecule has 0 aliphatic rings. The number of nitrogens with zero attached hydrogens (tertiary/aromatic N) is 4. The zero-order chi connectivity index (χ0) is 15.4. The van der Waals surface area contributed by atoms with E-state index in [1.54, 1.807) is 24.0 Å². The fourth-order valence-corrected chi connectivity index (χ4v) is 1.81. The molecule has 0 atom stereocenters. The van der Waals surface area contributed by atoms with E-state index in [0.717, 1.165) is 12.1 Å². The molecule has 8 nitrogen and oxygen atoms in total. The number of rotatable bonds is 5. The summed E-state index contributed by atoms with van der Waals surface area (Å²) in [5.41, 5.74) is 6.48. The number of primary amides is 1. The van der Waals surface area contributed by atoms with Crippen molar-refractivity contribution in [1.29, 1.82) is 0 Å². The maximum Gasteiger partial charge on any atom is 0.269 e. The van der Waals surface area contributed by atoms with Gasteiger partial charge in [-0.05, 0) is 13.0 Å². The molecule has 0 saturated carbocycles. The van der Waals surface area contributed by atoms with Crippen LogP contribution in [0, 0.1) is 0 Å². The van der Waals surface area contributed by atoms with Crippen molar-refractivity contribution in [3.05, 3.63) is 35.9 Å². The molecular formula is C13H16N6O2. The van der Waals surface area contributed by atoms with Gasteiger partial charge in [-0.25, -0.2) is 0 Å². The van der Waals surface area contributed by atoms with E-state index in [4.69, 9.17) is 5.73 Å². The number of aromatic nitrogens is 4. The molecule has 2 rings (SSSR count). The summed E-state index contributed by atoms with van der Waals surface area (Å²) in [5, 5.41) is 10.6. The maximum atomic E-state index is 11.8. The van der Waals surface area contributed by atoms with Crippen LogP contribution < -0.4 is 11.1 Å². The van der Waals surface area contributed by atoms with Crippen molar-refractivity contribution in [3.8, 4) is 0 Å². The van der Waals surface area contributed by atoms with Crippen LogP contribution in [0.1, 0.15) is 23.0 Å². The van der Waals surface area contributed by atoms with Crippen LogP contribution in [0.15, 0.2) is 24.7 Å². The minimum atomic E-state index is -0.654. The summed E-state index contributed by atoms with van der Waals surface area (Å²) in [5.74, 6) is -1.03. The first kappa shape index (κ1) is 14.5. The molecule has 0 bridgehead atoms. The molecule has 0 spiro atoms. The number of carbonyl (C=O) groups is 2. The SMILES string of the molecule is CCn1cc(/C=C/C(=O)Nc2cnn(C)c2C(N)=O)cn1. The summed E-state index contributed by atoms with van der Waals surface area (Å²) in [7, 11) is 1.57. The van der Waals surface area contributed by atoms with Crippen molar-refractivity contribution >= 4 is 23.6 Å². The van der Waals surface area contributed by atoms with E-state index in [2.05, 4.69) is 15.5 Å². The van der Waals surface area contributed by atoms with Gasteiger partial charge in [-0.1, -0.05) is 0 Å². The summed E-state index contributed by atoms with van der Waals surface area (Å²) >= 11 is 0. The lowest BCUT2D eigenvalue weighted by Crippen LogP contribution is -2.19. The standard InChI is InChI=1S/C13H16N6O2/c1-3-19-8-9(6-16-19)4-5-11(20)17-10-7-15-18(2)12(10)13(14)21/h4-8H,3H2,1-2H3,(H2,14,21)(H,17,20)/b5-4+. The number of anilines is 1. The molecule has 0 fully saturated rings. The lowest BCUT2D eigenvalue weighted by Gasteiger charge is -2.02. The van der Waals surface area contributed by atoms with E-state index < -0.39 is 5.91 Å². The van der Waals surface area contributed by atoms with Gasteiger partial charge in [-0.15, -0.1) is 0 Å². The van der Waals surface area contributed by atoms with Gasteiger partial charge in [0.25, 0.3) is 5.91 Å². The van der Waals surface area contributed by atoms with Crippen molar-refractivity contribution in [2.45, 2.75) is 13.5 Å². The Morgan fingerprint density at radius 2 is 2.14 bits per heavy atom. The van der Waals surface area contributed by atoms with Crippen LogP contribution in [0.2, 0.25) is 0 Å². The van der Waals surface area contributed by atoms with E-state index in [9.17, 15) is 9.59 Å². The largest absolute Gasteiger partial charge is 0.364 e. The zero-order valence-electron chi connectivity index (χ0n) is 11.8. The first-order valence-corrected chi connectivity index (χ1v) is 6.34. The summed E-state index contributed by atoms with van der Waals surface area (Å²) in [6.07, 6.45) is 7.85. The quantitative estimate of drug-likeness (QED) is 0.776. The smallest absolute Gasteiger partial charge is 0.269 e. The van der Waals surface area contributed by atoms with Gasteiger partial charge in [0.05, 0.1) is 18.1 Å². The van der Waals surface area contributed by atoms with Crippen molar-refractivity contribution in [1.82, 2.24) is 19.6 Å². The third kappa shape index (κ3) is 3.35. The number of amides is 2. The predicted octanol–water partition coefficient (Wildman–Crippen LogP) is 0.387. The van der Waals surface area contributed by atoms with Gasteiger partial charge in [0.15, 0.2) is 0 Å². The van der Waals surface area contributed by atoms with Gasteiger partial charge in [0, 0.05) is 31.4 Å². The molecule has 0 unspecified atom stereocenters. The molecule has 110 valence electrons. The molecule has 0 saturated heterocycles. The van der Waals surface area contributed by atoms with E-state index in [0.29, 0.717) is 0 Å². The maximum absolute atomic E-state index is 11.8. The Kier molecular flexibility index (Phi) is 4.17. The van der Waals surface area contributed by atoms with Crippen LogP contribution in [-0.4, -0.2) is 31.4 Å². The molecule has 2 amide bonds. The molecule has 0 radical (unpaired) electrons. The van der Waals surface area contributed by atoms with Gasteiger partial charge >= 0.3 is 0 Å². The predicted molar refractivity (Wildman–Crippen MR) is 77.3 cm³/mol. The summed E-state index contributed by atoms with van der Waals surface area (Å²) in [4.78, 5) is 23.1. The highest BCUT2D eigenvalue weighted by molar-refractivity contribution is 6.06. The molecule has 2 heterocycles. The molecule has 0 aliphatic carbocycles. The highest BCUT2D eigenvalue weighted by Crippen LogP contribution is 2.13. The third-order valence-electron chi connectivity index (χ3n) is 2.83. The Morgan fingerprint density at radius 3 is 2.76 bits per heavy atom. The Labute approximate surface area is 121 Å². The van der Waals surface area contributed by atoms with Gasteiger partial charge in [0.2, 0.25) is 5.91 Å². The number of nitrogens with two attached hydrogens (primary N) is 1. The van der Waals surface area contributed by atoms with Gasteiger partial charge in [-0.2, -0.15) is 10.2 Å². The van der Waals surface area contributed by atoms with Gasteiger partial charge in [0.1, 0.15) is 5.69 Å². The molecule has 8 heteroatoms. The minimum absolute atomic E-state index is 0.149. The first-order chi connectivity index (χ1) is 10.0. The molecule has 2 aromatic rings. The highest BCUT2D eigenvalue weighted by Gasteiger charge is 2.14. The summed E-state index contributed by atoms with van der Waals surface area (Å²) in [6, 6.07) is 0. The molecule has 2 aromatic heterocycles. The second-order valence-corrected chi connectivity index (χ2v) is 4.35. The van der Waals surface area contributed by atoms with E-state index in [1.807, 2.05) is 13.1 Å². The molecule has 0 aliphatic heterocycles. The van der Waals surface area contributed by atoms with Crippen molar-refractivity contribution in [3.63, 3.8) is 0 Å². The number of nitrogens with one attached hydrogen (secondary N) is 1. The van der Waals surface area contributed by atoms with Gasteiger partial charge in [-0.3, -0.25) is 19.0 Å². The van der Waals surface area contributed by atoms with E-state index >= 15 is 0 Å². The summed E-state index contributed by atoms with van der Waals surface area (Å²) < 4.78 is 3.07. The van der Waals surface area contributed by atoms with Crippen molar-refractivity contribution in [2.24, 2.45) is 12.8 Å². The molecular weight excluding hydrogens is 272 g/mol. The summed E-state index contributed by atoms with van der Waals surface area (Å²) in [6.45, 7) is 2.73. The average molecular weight is 288 g/mol. The van der Waals surface area contributed by atoms with Crippen LogP contribution in [0.5, 0.6) is 0 Å². The molecule has 3 N–H and O–H groups in total. The van der Waals surface area contributed by atoms with Crippen LogP contribution in [0.4, 0.5) is 5.69 Å². The van der Waals surface area contributed by atoms with Crippen LogP contribution in [0.3, 0.4) is 0 Å². The fraction of sp³-hybridized carbons (Fsp3) is 0.231. The Morgan fingerprint density at radius 1 is 1.38 bits per heavy atom. The normalized spacial score (nSPS) is 11.0. The first-order valence-electron chi connectivity index (χ1n) is 6.34.